The van der Waals surface area contributed by atoms with E-state index >= 15 is 0 Å². The van der Waals surface area contributed by atoms with E-state index in [2.05, 4.69) is 4.74 Å². The molecule has 0 spiro atoms. The van der Waals surface area contributed by atoms with Gasteiger partial charge in [-0.2, -0.15) is 0 Å². The van der Waals surface area contributed by atoms with Gasteiger partial charge in [0, 0.05) is 6.04 Å². The first-order valence-corrected chi connectivity index (χ1v) is 6.08. The Morgan fingerprint density at radius 2 is 1.95 bits per heavy atom. The van der Waals surface area contributed by atoms with Gasteiger partial charge in [-0.25, -0.2) is 0 Å². The van der Waals surface area contributed by atoms with Crippen LogP contribution in [0.15, 0.2) is 18.2 Å². The largest absolute Gasteiger partial charge is 0.522 e. The van der Waals surface area contributed by atoms with E-state index in [1.54, 1.807) is 18.2 Å². The molecule has 0 amide bonds. The molecule has 114 valence electrons. The average molecular weight is 293 g/mol. The maximum Gasteiger partial charge on any atom is 0.522 e. The molecule has 1 atom stereocenters. The molecule has 0 bridgehead atoms. The number of para-hydroxylation sites is 1. The van der Waals surface area contributed by atoms with E-state index in [0.29, 0.717) is 17.9 Å². The molecule has 0 saturated heterocycles. The fraction of sp³-hybridized carbons (Fsp3) is 0.538. The van der Waals surface area contributed by atoms with Crippen LogP contribution < -0.4 is 15.2 Å². The first kappa shape index (κ1) is 16.6. The Kier molecular flexibility index (Phi) is 6.09. The second-order valence-corrected chi connectivity index (χ2v) is 4.27. The molecular formula is C13H18F3NO3. The van der Waals surface area contributed by atoms with Gasteiger partial charge >= 0.3 is 6.36 Å². The summed E-state index contributed by atoms with van der Waals surface area (Å²) in [6.07, 6.45) is -4.12. The number of ether oxygens (including phenoxy) is 3. The summed E-state index contributed by atoms with van der Waals surface area (Å²) in [7, 11) is 1.46. The van der Waals surface area contributed by atoms with Crippen LogP contribution in [0.25, 0.3) is 0 Å². The zero-order chi connectivity index (χ0) is 15.2. The van der Waals surface area contributed by atoms with E-state index in [1.807, 2.05) is 6.92 Å². The fourth-order valence-corrected chi connectivity index (χ4v) is 1.69. The molecule has 0 radical (unpaired) electrons. The predicted octanol–water partition coefficient (Wildman–Crippen LogP) is 2.50. The highest BCUT2D eigenvalue weighted by molar-refractivity contribution is 5.47. The summed E-state index contributed by atoms with van der Waals surface area (Å²) in [6, 6.07) is 5.14. The number of alkyl halides is 3. The van der Waals surface area contributed by atoms with Crippen molar-refractivity contribution in [3.8, 4) is 11.5 Å². The lowest BCUT2D eigenvalue weighted by Gasteiger charge is -2.16. The monoisotopic (exact) mass is 293 g/mol. The van der Waals surface area contributed by atoms with Crippen molar-refractivity contribution in [2.75, 3.05) is 20.3 Å². The summed E-state index contributed by atoms with van der Waals surface area (Å²) in [6.45, 7) is 1.01. The molecule has 0 heterocycles. The smallest absolute Gasteiger partial charge is 0.493 e. The lowest BCUT2D eigenvalue weighted by Crippen LogP contribution is -2.20. The molecule has 1 unspecified atom stereocenters. The minimum atomic E-state index is -4.65. The van der Waals surface area contributed by atoms with Crippen LogP contribution in [0.1, 0.15) is 12.5 Å². The first-order chi connectivity index (χ1) is 9.33. The molecular weight excluding hydrogens is 275 g/mol. The summed E-state index contributed by atoms with van der Waals surface area (Å²) in [5.74, 6) is 0.855. The molecule has 0 aromatic heterocycles. The molecule has 2 N–H and O–H groups in total. The third-order valence-corrected chi connectivity index (χ3v) is 2.42. The molecule has 0 fully saturated rings. The fourth-order valence-electron chi connectivity index (χ4n) is 1.69. The van der Waals surface area contributed by atoms with Gasteiger partial charge in [0.1, 0.15) is 6.61 Å². The molecule has 1 rings (SSSR count). The van der Waals surface area contributed by atoms with Gasteiger partial charge in [0.25, 0.3) is 0 Å². The molecule has 0 saturated carbocycles. The van der Waals surface area contributed by atoms with Gasteiger partial charge in [0.05, 0.1) is 13.7 Å². The van der Waals surface area contributed by atoms with Crippen LogP contribution in [-0.4, -0.2) is 32.7 Å². The average Bonchev–Trinajstić information content (AvgIpc) is 2.33. The van der Waals surface area contributed by atoms with E-state index in [4.69, 9.17) is 15.2 Å². The van der Waals surface area contributed by atoms with Crippen LogP contribution in [0.2, 0.25) is 0 Å². The van der Waals surface area contributed by atoms with Crippen LogP contribution in [0.5, 0.6) is 11.5 Å². The van der Waals surface area contributed by atoms with E-state index < -0.39 is 13.0 Å². The van der Waals surface area contributed by atoms with Crippen molar-refractivity contribution in [1.29, 1.82) is 0 Å². The Bertz CT molecular complexity index is 422. The van der Waals surface area contributed by atoms with Crippen molar-refractivity contribution in [3.05, 3.63) is 23.8 Å². The number of methoxy groups -OCH3 is 1. The van der Waals surface area contributed by atoms with Crippen molar-refractivity contribution in [1.82, 2.24) is 0 Å². The van der Waals surface area contributed by atoms with E-state index in [1.165, 1.54) is 7.11 Å². The number of benzene rings is 1. The first-order valence-electron chi connectivity index (χ1n) is 6.08. The van der Waals surface area contributed by atoms with E-state index in [-0.39, 0.29) is 12.6 Å². The molecule has 20 heavy (non-hydrogen) atoms. The van der Waals surface area contributed by atoms with Gasteiger partial charge in [-0.1, -0.05) is 12.1 Å². The van der Waals surface area contributed by atoms with Crippen LogP contribution in [0.4, 0.5) is 13.2 Å². The topological polar surface area (TPSA) is 53.7 Å². The number of halogens is 3. The molecule has 0 aliphatic rings. The normalized spacial score (nSPS) is 13.1. The molecule has 0 aliphatic heterocycles. The molecule has 1 aromatic carbocycles. The van der Waals surface area contributed by atoms with Gasteiger partial charge in [0.2, 0.25) is 0 Å². The summed E-state index contributed by atoms with van der Waals surface area (Å²) < 4.78 is 49.7. The second-order valence-electron chi connectivity index (χ2n) is 4.27. The van der Waals surface area contributed by atoms with Gasteiger partial charge in [-0.05, 0) is 25.0 Å². The van der Waals surface area contributed by atoms with Gasteiger partial charge in [-0.3, -0.25) is 4.74 Å². The Hall–Kier alpha value is -1.47. The summed E-state index contributed by atoms with van der Waals surface area (Å²) >= 11 is 0. The van der Waals surface area contributed by atoms with Crippen LogP contribution >= 0.6 is 0 Å². The molecule has 0 aliphatic carbocycles. The van der Waals surface area contributed by atoms with E-state index in [0.717, 1.165) is 5.56 Å². The Morgan fingerprint density at radius 1 is 1.25 bits per heavy atom. The van der Waals surface area contributed by atoms with E-state index in [9.17, 15) is 13.2 Å². The van der Waals surface area contributed by atoms with Crippen molar-refractivity contribution < 1.29 is 27.4 Å². The minimum Gasteiger partial charge on any atom is -0.493 e. The quantitative estimate of drug-likeness (QED) is 0.785. The standard InChI is InChI=1S/C13H18F3NO3/c1-9(17)8-10-4-3-5-11(18-2)12(10)19-6-7-20-13(14,15)16/h3-5,9H,6-8,17H2,1-2H3. The molecule has 1 aromatic rings. The lowest BCUT2D eigenvalue weighted by atomic mass is 10.1. The zero-order valence-electron chi connectivity index (χ0n) is 11.4. The zero-order valence-corrected chi connectivity index (χ0v) is 11.4. The summed E-state index contributed by atoms with van der Waals surface area (Å²) in [5, 5.41) is 0. The highest BCUT2D eigenvalue weighted by Gasteiger charge is 2.28. The highest BCUT2D eigenvalue weighted by atomic mass is 19.4. The summed E-state index contributed by atoms with van der Waals surface area (Å²) in [5.41, 5.74) is 6.51. The Balaban J connectivity index is 2.70. The maximum absolute atomic E-state index is 11.9. The summed E-state index contributed by atoms with van der Waals surface area (Å²) in [4.78, 5) is 0. The van der Waals surface area contributed by atoms with Gasteiger partial charge < -0.3 is 15.2 Å². The van der Waals surface area contributed by atoms with Crippen molar-refractivity contribution in [3.63, 3.8) is 0 Å². The van der Waals surface area contributed by atoms with Crippen LogP contribution in [0, 0.1) is 0 Å². The van der Waals surface area contributed by atoms with Crippen LogP contribution in [-0.2, 0) is 11.2 Å². The third-order valence-electron chi connectivity index (χ3n) is 2.42. The maximum atomic E-state index is 11.9. The number of hydrogen-bond acceptors (Lipinski definition) is 4. The SMILES string of the molecule is COc1cccc(CC(C)N)c1OCCOC(F)(F)F. The highest BCUT2D eigenvalue weighted by Crippen LogP contribution is 2.31. The number of nitrogens with two attached hydrogens (primary N) is 1. The molecule has 7 heteroatoms. The Morgan fingerprint density at radius 3 is 2.50 bits per heavy atom. The predicted molar refractivity (Wildman–Crippen MR) is 67.8 cm³/mol. The van der Waals surface area contributed by atoms with Crippen molar-refractivity contribution in [2.24, 2.45) is 5.73 Å². The third kappa shape index (κ3) is 5.66. The number of hydrogen-bond donors (Lipinski definition) is 1. The minimum absolute atomic E-state index is 0.101. The van der Waals surface area contributed by atoms with Gasteiger partial charge in [-0.15, -0.1) is 13.2 Å². The van der Waals surface area contributed by atoms with Crippen molar-refractivity contribution >= 4 is 0 Å². The number of rotatable bonds is 7. The lowest BCUT2D eigenvalue weighted by molar-refractivity contribution is -0.325. The molecule has 4 nitrogen and oxygen atoms in total. The Labute approximate surface area is 115 Å². The van der Waals surface area contributed by atoms with Gasteiger partial charge in [0.15, 0.2) is 11.5 Å². The van der Waals surface area contributed by atoms with Crippen LogP contribution in [0.3, 0.4) is 0 Å². The second kappa shape index (κ2) is 7.35. The van der Waals surface area contributed by atoms with Crippen molar-refractivity contribution in [2.45, 2.75) is 25.7 Å².